The van der Waals surface area contributed by atoms with Gasteiger partial charge >= 0.3 is 0 Å². The van der Waals surface area contributed by atoms with E-state index < -0.39 is 5.60 Å². The molecule has 0 spiro atoms. The zero-order valence-electron chi connectivity index (χ0n) is 9.97. The van der Waals surface area contributed by atoms with Crippen LogP contribution in [0.5, 0.6) is 0 Å². The lowest BCUT2D eigenvalue weighted by Gasteiger charge is -2.40. The van der Waals surface area contributed by atoms with Gasteiger partial charge in [0.05, 0.1) is 12.6 Å². The summed E-state index contributed by atoms with van der Waals surface area (Å²) in [4.78, 5) is 1.43. The van der Waals surface area contributed by atoms with Crippen LogP contribution in [0.2, 0.25) is 0 Å². The Hall–Kier alpha value is -0.620. The number of aromatic nitrogens is 4. The lowest BCUT2D eigenvalue weighted by Crippen LogP contribution is -2.44. The molecule has 6 heteroatoms. The highest BCUT2D eigenvalue weighted by Gasteiger charge is 2.39. The van der Waals surface area contributed by atoms with Gasteiger partial charge in [0.25, 0.3) is 0 Å². The van der Waals surface area contributed by atoms with Gasteiger partial charge in [0, 0.05) is 12.2 Å². The summed E-state index contributed by atoms with van der Waals surface area (Å²) in [6.07, 6.45) is 1.29. The van der Waals surface area contributed by atoms with Crippen LogP contribution in [0.25, 0.3) is 0 Å². The van der Waals surface area contributed by atoms with E-state index in [0.717, 1.165) is 17.9 Å². The SMILES string of the molecule is Cn1nnc(CC2(O)CSCC(C)(C)C2)n1. The fourth-order valence-corrected chi connectivity index (χ4v) is 3.65. The number of thioether (sulfide) groups is 1. The Bertz CT molecular complexity index is 379. The third-order valence-corrected chi connectivity index (χ3v) is 4.44. The number of rotatable bonds is 2. The number of aliphatic hydroxyl groups is 1. The smallest absolute Gasteiger partial charge is 0.177 e. The monoisotopic (exact) mass is 242 g/mol. The maximum absolute atomic E-state index is 10.5. The number of hydrogen-bond donors (Lipinski definition) is 1. The lowest BCUT2D eigenvalue weighted by molar-refractivity contribution is 0.0182. The predicted octanol–water partition coefficient (Wildman–Crippen LogP) is 0.647. The van der Waals surface area contributed by atoms with Crippen molar-refractivity contribution < 1.29 is 5.11 Å². The first-order valence-corrected chi connectivity index (χ1v) is 6.57. The summed E-state index contributed by atoms with van der Waals surface area (Å²) in [5, 5.41) is 22.4. The molecule has 2 rings (SSSR count). The average molecular weight is 242 g/mol. The van der Waals surface area contributed by atoms with E-state index in [4.69, 9.17) is 0 Å². The molecule has 1 saturated heterocycles. The molecule has 2 heterocycles. The van der Waals surface area contributed by atoms with Gasteiger partial charge in [-0.15, -0.1) is 10.2 Å². The van der Waals surface area contributed by atoms with Crippen molar-refractivity contribution in [3.63, 3.8) is 0 Å². The molecule has 1 unspecified atom stereocenters. The Labute approximate surface area is 99.6 Å². The van der Waals surface area contributed by atoms with E-state index in [9.17, 15) is 5.11 Å². The molecule has 1 aliphatic heterocycles. The topological polar surface area (TPSA) is 63.8 Å². The van der Waals surface area contributed by atoms with Crippen molar-refractivity contribution in [3.8, 4) is 0 Å². The molecule has 0 aliphatic carbocycles. The van der Waals surface area contributed by atoms with Crippen molar-refractivity contribution >= 4 is 11.8 Å². The minimum Gasteiger partial charge on any atom is -0.389 e. The van der Waals surface area contributed by atoms with Crippen LogP contribution in [0.15, 0.2) is 0 Å². The van der Waals surface area contributed by atoms with E-state index in [2.05, 4.69) is 29.3 Å². The van der Waals surface area contributed by atoms with Crippen molar-refractivity contribution in [3.05, 3.63) is 5.82 Å². The molecule has 16 heavy (non-hydrogen) atoms. The van der Waals surface area contributed by atoms with Gasteiger partial charge in [0.15, 0.2) is 5.82 Å². The molecule has 1 N–H and O–H groups in total. The standard InChI is InChI=1S/C10H18N4OS/c1-9(2)5-10(15,7-16-6-9)4-8-11-13-14(3)12-8/h15H,4-7H2,1-3H3. The molecule has 1 aliphatic rings. The van der Waals surface area contributed by atoms with Crippen LogP contribution >= 0.6 is 11.8 Å². The molecule has 1 fully saturated rings. The number of aryl methyl sites for hydroxylation is 1. The molecule has 0 amide bonds. The second-order valence-corrected chi connectivity index (χ2v) is 6.42. The minimum atomic E-state index is -0.685. The molecule has 1 atom stereocenters. The molecular formula is C10H18N4OS. The van der Waals surface area contributed by atoms with Crippen LogP contribution < -0.4 is 0 Å². The fourth-order valence-electron chi connectivity index (χ4n) is 2.31. The Morgan fingerprint density at radius 3 is 2.75 bits per heavy atom. The first-order valence-electron chi connectivity index (χ1n) is 5.42. The molecule has 5 nitrogen and oxygen atoms in total. The Kier molecular flexibility index (Phi) is 2.96. The molecule has 1 aromatic rings. The van der Waals surface area contributed by atoms with Crippen molar-refractivity contribution in [2.45, 2.75) is 32.3 Å². The second-order valence-electron chi connectivity index (χ2n) is 5.43. The van der Waals surface area contributed by atoms with Crippen molar-refractivity contribution in [1.82, 2.24) is 20.2 Å². The predicted molar refractivity (Wildman–Crippen MR) is 63.2 cm³/mol. The van der Waals surface area contributed by atoms with E-state index in [-0.39, 0.29) is 5.41 Å². The van der Waals surface area contributed by atoms with Gasteiger partial charge in [0.2, 0.25) is 0 Å². The van der Waals surface area contributed by atoms with Crippen LogP contribution in [0, 0.1) is 5.41 Å². The van der Waals surface area contributed by atoms with Crippen molar-refractivity contribution in [2.75, 3.05) is 11.5 Å². The number of hydrogen-bond acceptors (Lipinski definition) is 5. The highest BCUT2D eigenvalue weighted by Crippen LogP contribution is 2.40. The molecule has 0 aromatic carbocycles. The summed E-state index contributed by atoms with van der Waals surface area (Å²) in [7, 11) is 1.74. The molecule has 0 saturated carbocycles. The quantitative estimate of drug-likeness (QED) is 0.825. The zero-order valence-corrected chi connectivity index (χ0v) is 10.8. The third kappa shape index (κ3) is 2.74. The Morgan fingerprint density at radius 1 is 1.44 bits per heavy atom. The molecule has 1 aromatic heterocycles. The summed E-state index contributed by atoms with van der Waals surface area (Å²) in [6, 6.07) is 0. The Balaban J connectivity index is 2.07. The van der Waals surface area contributed by atoms with Gasteiger partial charge in [-0.3, -0.25) is 0 Å². The third-order valence-electron chi connectivity index (χ3n) is 2.71. The lowest BCUT2D eigenvalue weighted by atomic mass is 9.80. The Morgan fingerprint density at radius 2 is 2.19 bits per heavy atom. The van der Waals surface area contributed by atoms with Gasteiger partial charge in [-0.05, 0) is 22.8 Å². The van der Waals surface area contributed by atoms with Gasteiger partial charge in [-0.25, -0.2) is 0 Å². The van der Waals surface area contributed by atoms with Crippen LogP contribution in [0.4, 0.5) is 0 Å². The molecule has 90 valence electrons. The van der Waals surface area contributed by atoms with Crippen LogP contribution in [-0.2, 0) is 13.5 Å². The number of tetrazole rings is 1. The van der Waals surface area contributed by atoms with Gasteiger partial charge in [-0.1, -0.05) is 13.8 Å². The summed E-state index contributed by atoms with van der Waals surface area (Å²) in [5.74, 6) is 2.49. The highest BCUT2D eigenvalue weighted by atomic mass is 32.2. The van der Waals surface area contributed by atoms with E-state index in [0.29, 0.717) is 12.2 Å². The summed E-state index contributed by atoms with van der Waals surface area (Å²) < 4.78 is 0. The van der Waals surface area contributed by atoms with E-state index >= 15 is 0 Å². The first kappa shape index (κ1) is 11.9. The summed E-state index contributed by atoms with van der Waals surface area (Å²) in [5.41, 5.74) is -0.505. The highest BCUT2D eigenvalue weighted by molar-refractivity contribution is 7.99. The normalized spacial score (nSPS) is 29.2. The van der Waals surface area contributed by atoms with Crippen molar-refractivity contribution in [1.29, 1.82) is 0 Å². The largest absolute Gasteiger partial charge is 0.389 e. The van der Waals surface area contributed by atoms with Gasteiger partial charge in [-0.2, -0.15) is 16.6 Å². The summed E-state index contributed by atoms with van der Waals surface area (Å²) >= 11 is 1.80. The number of nitrogens with zero attached hydrogens (tertiary/aromatic N) is 4. The van der Waals surface area contributed by atoms with Crippen molar-refractivity contribution in [2.24, 2.45) is 12.5 Å². The second kappa shape index (κ2) is 4.00. The summed E-state index contributed by atoms with van der Waals surface area (Å²) in [6.45, 7) is 4.38. The fraction of sp³-hybridized carbons (Fsp3) is 0.900. The maximum Gasteiger partial charge on any atom is 0.177 e. The van der Waals surface area contributed by atoms with E-state index in [1.54, 1.807) is 18.8 Å². The zero-order chi connectivity index (χ0) is 11.8. The molecular weight excluding hydrogens is 224 g/mol. The maximum atomic E-state index is 10.5. The van der Waals surface area contributed by atoms with Gasteiger partial charge in [0.1, 0.15) is 0 Å². The van der Waals surface area contributed by atoms with E-state index in [1.165, 1.54) is 4.80 Å². The van der Waals surface area contributed by atoms with Crippen LogP contribution in [0.1, 0.15) is 26.1 Å². The average Bonchev–Trinajstić information content (AvgIpc) is 2.47. The van der Waals surface area contributed by atoms with Crippen LogP contribution in [-0.4, -0.2) is 42.4 Å². The van der Waals surface area contributed by atoms with E-state index in [1.807, 2.05) is 0 Å². The molecule has 0 bridgehead atoms. The molecule has 0 radical (unpaired) electrons. The van der Waals surface area contributed by atoms with Gasteiger partial charge < -0.3 is 5.11 Å². The minimum absolute atomic E-state index is 0.180. The van der Waals surface area contributed by atoms with Crippen LogP contribution in [0.3, 0.4) is 0 Å². The first-order chi connectivity index (χ1) is 7.39.